The van der Waals surface area contributed by atoms with Gasteiger partial charge in [-0.3, -0.25) is 38.9 Å². The average Bonchev–Trinajstić information content (AvgIpc) is 3.92. The number of likely N-dealkylation sites (tertiary alicyclic amines) is 1. The molecule has 2 fully saturated rings. The summed E-state index contributed by atoms with van der Waals surface area (Å²) in [4.78, 5) is 82.2. The number of hydrazine groups is 1. The molecule has 6 heterocycles. The first-order valence-electron chi connectivity index (χ1n) is 22.9. The molecule has 3 aliphatic heterocycles. The number of nitrogens with one attached hydrogen (secondary N) is 2. The van der Waals surface area contributed by atoms with Crippen molar-refractivity contribution < 1.29 is 33.4 Å². The van der Waals surface area contributed by atoms with Crippen molar-refractivity contribution in [2.24, 2.45) is 17.3 Å². The number of hydrogen-bond donors (Lipinski definition) is 2. The summed E-state index contributed by atoms with van der Waals surface area (Å²) in [5.41, 5.74) is 9.71. The number of likely N-dealkylation sites (N-methyl/N-ethyl adjacent to an activating group) is 1. The van der Waals surface area contributed by atoms with Crippen LogP contribution >= 0.6 is 67.5 Å². The molecule has 0 radical (unpaired) electrons. The lowest BCUT2D eigenvalue weighted by molar-refractivity contribution is -0.155. The Morgan fingerprint density at radius 2 is 1.76 bits per heavy atom. The first kappa shape index (κ1) is 61.9. The molecule has 5 atom stereocenters. The van der Waals surface area contributed by atoms with E-state index in [0.717, 1.165) is 39.0 Å². The highest BCUT2D eigenvalue weighted by molar-refractivity contribution is 7.60. The Balaban J connectivity index is 0.00000336. The normalized spacial score (nSPS) is 19.6. The lowest BCUT2D eigenvalue weighted by Crippen LogP contribution is -2.62. The number of aromatic nitrogens is 3. The van der Waals surface area contributed by atoms with Crippen LogP contribution in [0.1, 0.15) is 83.9 Å². The Labute approximate surface area is 447 Å². The number of aryl methyl sites for hydroxylation is 1. The van der Waals surface area contributed by atoms with Crippen LogP contribution in [0.5, 0.6) is 0 Å². The number of benzene rings is 1. The molecular weight excluding hydrogens is 985 g/mol. The fourth-order valence-electron chi connectivity index (χ4n) is 9.71. The maximum atomic E-state index is 14.7. The van der Waals surface area contributed by atoms with Crippen LogP contribution in [0.25, 0.3) is 33.4 Å². The van der Waals surface area contributed by atoms with Gasteiger partial charge in [-0.25, -0.2) is 5.43 Å². The maximum Gasteiger partial charge on any atom is 0.324 e. The summed E-state index contributed by atoms with van der Waals surface area (Å²) in [6.07, 6.45) is 4.83. The highest BCUT2D eigenvalue weighted by Gasteiger charge is 2.40. The summed E-state index contributed by atoms with van der Waals surface area (Å²) in [6.45, 7) is 17.4. The van der Waals surface area contributed by atoms with E-state index in [1.54, 1.807) is 25.3 Å². The number of hydrogen-bond acceptors (Lipinski definition) is 10. The van der Waals surface area contributed by atoms with Crippen LogP contribution in [0.2, 0.25) is 0 Å². The fourth-order valence-corrected chi connectivity index (χ4v) is 9.71. The Kier molecular flexibility index (Phi) is 23.4. The van der Waals surface area contributed by atoms with Gasteiger partial charge < -0.3 is 29.2 Å². The molecule has 0 aliphatic carbocycles. The van der Waals surface area contributed by atoms with Crippen molar-refractivity contribution in [2.75, 3.05) is 40.4 Å². The number of cyclic esters (lactones) is 1. The first-order valence-corrected chi connectivity index (χ1v) is 22.9. The van der Waals surface area contributed by atoms with E-state index in [1.165, 1.54) is 16.0 Å². The Hall–Kier alpha value is -4.18. The minimum Gasteiger partial charge on any atom is -0.464 e. The number of nitrogens with zero attached hydrogens (tertiary/aromatic N) is 6. The van der Waals surface area contributed by atoms with Crippen molar-refractivity contribution in [3.63, 3.8) is 0 Å². The minimum absolute atomic E-state index is 0. The molecule has 0 spiro atoms. The third-order valence-electron chi connectivity index (χ3n) is 13.1. The van der Waals surface area contributed by atoms with Crippen molar-refractivity contribution in [3.05, 3.63) is 84.3 Å². The number of fused-ring (bicyclic) bond motifs is 6. The Morgan fingerprint density at radius 3 is 2.43 bits per heavy atom. The topological polar surface area (TPSA) is 168 Å². The van der Waals surface area contributed by atoms with Gasteiger partial charge in [0.2, 0.25) is 17.7 Å². The van der Waals surface area contributed by atoms with Crippen LogP contribution in [0.3, 0.4) is 0 Å². The molecule has 6 bridgehead atoms. The zero-order valence-electron chi connectivity index (χ0n) is 41.6. The van der Waals surface area contributed by atoms with Gasteiger partial charge in [-0.1, -0.05) is 46.4 Å². The van der Waals surface area contributed by atoms with E-state index in [4.69, 9.17) is 19.4 Å². The molecule has 1 aromatic carbocycles. The van der Waals surface area contributed by atoms with Crippen LogP contribution in [0.4, 0.5) is 0 Å². The number of amides is 4. The molecule has 2 saturated heterocycles. The molecule has 3 aliphatic rings. The lowest BCUT2D eigenvalue weighted by atomic mass is 9.84. The van der Waals surface area contributed by atoms with Gasteiger partial charge in [-0.15, -0.1) is 0 Å². The first-order chi connectivity index (χ1) is 31.0. The summed E-state index contributed by atoms with van der Waals surface area (Å²) in [5.74, 6) is -2.68. The zero-order valence-corrected chi connectivity index (χ0v) is 46.6. The van der Waals surface area contributed by atoms with Crippen molar-refractivity contribution in [1.29, 1.82) is 0 Å². The second kappa shape index (κ2) is 26.5. The van der Waals surface area contributed by atoms with Gasteiger partial charge in [0.1, 0.15) is 18.1 Å². The van der Waals surface area contributed by atoms with E-state index in [0.29, 0.717) is 56.7 Å². The highest BCUT2D eigenvalue weighted by atomic mass is 32.1. The van der Waals surface area contributed by atoms with Gasteiger partial charge in [0.25, 0.3) is 5.91 Å². The summed E-state index contributed by atoms with van der Waals surface area (Å²) in [5, 5.41) is 5.46. The molecule has 0 unspecified atom stereocenters. The summed E-state index contributed by atoms with van der Waals surface area (Å²) in [7, 11) is 3.28. The van der Waals surface area contributed by atoms with Crippen LogP contribution in [0.15, 0.2) is 67.4 Å². The molecule has 2 N–H and O–H groups in total. The predicted molar refractivity (Wildman–Crippen MR) is 300 cm³/mol. The number of methoxy groups -OCH3 is 1. The van der Waals surface area contributed by atoms with Crippen LogP contribution < -0.4 is 10.7 Å². The van der Waals surface area contributed by atoms with Gasteiger partial charge in [0.05, 0.1) is 35.7 Å². The molecule has 4 aromatic rings. The number of rotatable bonds is 10. The summed E-state index contributed by atoms with van der Waals surface area (Å²) >= 11 is 0. The molecule has 3 aromatic heterocycles. The lowest BCUT2D eigenvalue weighted by Gasteiger charge is -2.37. The molecule has 15 nitrogen and oxygen atoms in total. The average molecular weight is 1060 g/mol. The van der Waals surface area contributed by atoms with Gasteiger partial charge >= 0.3 is 5.97 Å². The number of ether oxygens (including phenoxy) is 2. The third-order valence-corrected chi connectivity index (χ3v) is 13.1. The quantitative estimate of drug-likeness (QED) is 0.138. The van der Waals surface area contributed by atoms with E-state index in [2.05, 4.69) is 66.9 Å². The fraction of sp³-hybridized carbons (Fsp3) is 0.500. The smallest absolute Gasteiger partial charge is 0.324 e. The number of pyridine rings is 2. The molecule has 0 saturated carbocycles. The molecule has 386 valence electrons. The van der Waals surface area contributed by atoms with Crippen LogP contribution in [-0.4, -0.2) is 117 Å². The third kappa shape index (κ3) is 13.3. The second-order valence-electron chi connectivity index (χ2n) is 18.8. The van der Waals surface area contributed by atoms with Gasteiger partial charge in [0.15, 0.2) is 0 Å². The van der Waals surface area contributed by atoms with E-state index >= 15 is 0 Å². The molecule has 7 rings (SSSR count). The number of esters is 1. The van der Waals surface area contributed by atoms with E-state index < -0.39 is 47.2 Å². The largest absolute Gasteiger partial charge is 0.464 e. The summed E-state index contributed by atoms with van der Waals surface area (Å²) in [6, 6.07) is 13.2. The minimum atomic E-state index is -1.11. The van der Waals surface area contributed by atoms with Crippen molar-refractivity contribution in [2.45, 2.75) is 104 Å². The standard InChI is InChI=1S/C50H64N8O7.5H2S/c1-10-42(59)56-24-21-33(28-56)47(61)55(8)44(30(3)4)46(60)53-40-26-34-15-12-17-38(52-34)32-19-20-41-36(25-32)37(45(57(41)11-2)35-16-13-22-51-43(35)31(5)64-9)27-50(6,7)29-65-49(63)39-18-14-23-58(54-39)48(40)62;;;;;/h10,12-13,15-17,19-20,22,25,30-31,33,39-40,44,54H,1,11,14,18,21,23-24,26-29H2,2-9H3,(H,53,60);5*1H2/t31-,33-,39-,40-,44-;;;;;/m0...../s1. The summed E-state index contributed by atoms with van der Waals surface area (Å²) < 4.78 is 14.2. The zero-order chi connectivity index (χ0) is 46.7. The SMILES string of the molecule is C=CC(=O)N1CC[C@H](C(=O)N(C)[C@H](C(=O)N[C@H]2Cc3cccc(n3)-c3ccc4c(c3)c(c(-c3cccnc3[C@H](C)OC)n4CC)CC(C)(C)COC(=O)[C@@H]3CCCN(N3)C2=O)C(C)C)C1.S.S.S.S.S. The van der Waals surface area contributed by atoms with Gasteiger partial charge in [-0.2, -0.15) is 67.5 Å². The molecule has 20 heteroatoms. The van der Waals surface area contributed by atoms with Gasteiger partial charge in [-0.05, 0) is 93.5 Å². The van der Waals surface area contributed by atoms with Crippen molar-refractivity contribution >= 4 is 108 Å². The molecule has 4 amide bonds. The van der Waals surface area contributed by atoms with E-state index in [1.807, 2.05) is 45.0 Å². The van der Waals surface area contributed by atoms with Crippen molar-refractivity contribution in [1.82, 2.24) is 40.1 Å². The van der Waals surface area contributed by atoms with E-state index in [9.17, 15) is 24.0 Å². The monoisotopic (exact) mass is 1060 g/mol. The predicted octanol–water partition coefficient (Wildman–Crippen LogP) is 6.22. The Bertz CT molecular complexity index is 2490. The molecule has 70 heavy (non-hydrogen) atoms. The molecular formula is C50H74N8O7S5. The van der Waals surface area contributed by atoms with Crippen LogP contribution in [0, 0.1) is 17.3 Å². The van der Waals surface area contributed by atoms with Crippen LogP contribution in [-0.2, 0) is 52.8 Å². The number of carbonyl (C=O) groups is 5. The van der Waals surface area contributed by atoms with Crippen molar-refractivity contribution in [3.8, 4) is 22.5 Å². The highest BCUT2D eigenvalue weighted by Crippen LogP contribution is 2.42. The number of carbonyl (C=O) groups excluding carboxylic acids is 5. The van der Waals surface area contributed by atoms with Gasteiger partial charge in [0, 0.05) is 86.1 Å². The second-order valence-corrected chi connectivity index (χ2v) is 18.8. The maximum absolute atomic E-state index is 14.7. The Morgan fingerprint density at radius 1 is 1.03 bits per heavy atom. The van der Waals surface area contributed by atoms with E-state index in [-0.39, 0.29) is 111 Å².